The zero-order chi connectivity index (χ0) is 27.1. The van der Waals surface area contributed by atoms with Crippen molar-refractivity contribution in [3.63, 3.8) is 0 Å². The molecule has 1 spiro atoms. The number of anilines is 1. The monoisotopic (exact) mass is 522 g/mol. The average Bonchev–Trinajstić information content (AvgIpc) is 3.66. The Kier molecular flexibility index (Phi) is 6.84. The van der Waals surface area contributed by atoms with Crippen molar-refractivity contribution in [1.29, 1.82) is 0 Å². The standard InChI is InChI=1S/C29H38N4O5/c1-19-23(32-26(35)38-27(2,3)4)28(18-37-19)13-15-33(16-14-28)24-22(25(34)36-5)31-21(17-30-24)29(11-12-29)20-9-7-6-8-10-20/h6-10,17,19,23H,11-16,18H2,1-5H3,(H,32,35)/t19-,23+/m0/s1. The number of aromatic nitrogens is 2. The number of rotatable bonds is 5. The van der Waals surface area contributed by atoms with E-state index in [0.29, 0.717) is 25.5 Å². The van der Waals surface area contributed by atoms with E-state index in [1.807, 2.05) is 52.1 Å². The molecule has 9 nitrogen and oxygen atoms in total. The molecular weight excluding hydrogens is 484 g/mol. The number of methoxy groups -OCH3 is 1. The number of hydrogen-bond donors (Lipinski definition) is 1. The first-order valence-electron chi connectivity index (χ1n) is 13.4. The number of hydrogen-bond acceptors (Lipinski definition) is 8. The number of alkyl carbamates (subject to hydrolysis) is 1. The van der Waals surface area contributed by atoms with Crippen molar-refractivity contribution in [3.8, 4) is 0 Å². The van der Waals surface area contributed by atoms with Crippen LogP contribution in [-0.4, -0.2) is 66.6 Å². The Morgan fingerprint density at radius 3 is 2.39 bits per heavy atom. The van der Waals surface area contributed by atoms with E-state index < -0.39 is 17.7 Å². The van der Waals surface area contributed by atoms with Gasteiger partial charge >= 0.3 is 12.1 Å². The summed E-state index contributed by atoms with van der Waals surface area (Å²) in [5.74, 6) is 0.0590. The first kappa shape index (κ1) is 26.4. The summed E-state index contributed by atoms with van der Waals surface area (Å²) in [7, 11) is 1.37. The topological polar surface area (TPSA) is 103 Å². The van der Waals surface area contributed by atoms with Crippen molar-refractivity contribution in [3.05, 3.63) is 53.5 Å². The minimum absolute atomic E-state index is 0.119. The zero-order valence-electron chi connectivity index (χ0n) is 23.0. The molecule has 204 valence electrons. The van der Waals surface area contributed by atoms with Crippen LogP contribution in [0.15, 0.2) is 36.5 Å². The molecule has 9 heteroatoms. The van der Waals surface area contributed by atoms with Crippen LogP contribution in [0.25, 0.3) is 0 Å². The van der Waals surface area contributed by atoms with E-state index in [1.165, 1.54) is 12.7 Å². The summed E-state index contributed by atoms with van der Waals surface area (Å²) in [5.41, 5.74) is 1.27. The van der Waals surface area contributed by atoms with Crippen molar-refractivity contribution >= 4 is 17.9 Å². The van der Waals surface area contributed by atoms with Gasteiger partial charge in [0.2, 0.25) is 0 Å². The summed E-state index contributed by atoms with van der Waals surface area (Å²) in [4.78, 5) is 37.2. The molecule has 1 aliphatic carbocycles. The Balaban J connectivity index is 1.35. The molecule has 1 saturated carbocycles. The van der Waals surface area contributed by atoms with Crippen molar-refractivity contribution in [2.24, 2.45) is 5.41 Å². The van der Waals surface area contributed by atoms with Gasteiger partial charge in [0, 0.05) is 23.9 Å². The number of ether oxygens (including phenoxy) is 3. The number of benzene rings is 1. The Bertz CT molecular complexity index is 1180. The maximum Gasteiger partial charge on any atom is 0.407 e. The Morgan fingerprint density at radius 1 is 1.11 bits per heavy atom. The van der Waals surface area contributed by atoms with E-state index in [9.17, 15) is 9.59 Å². The number of carbonyl (C=O) groups is 2. The molecule has 0 radical (unpaired) electrons. The highest BCUT2D eigenvalue weighted by atomic mass is 16.6. The van der Waals surface area contributed by atoms with Crippen molar-refractivity contribution in [1.82, 2.24) is 15.3 Å². The lowest BCUT2D eigenvalue weighted by molar-refractivity contribution is 0.0433. The molecule has 1 amide bonds. The van der Waals surface area contributed by atoms with Crippen molar-refractivity contribution in [2.45, 2.75) is 76.5 Å². The van der Waals surface area contributed by atoms with Gasteiger partial charge in [-0.1, -0.05) is 30.3 Å². The number of amides is 1. The van der Waals surface area contributed by atoms with Gasteiger partial charge in [0.25, 0.3) is 0 Å². The van der Waals surface area contributed by atoms with Gasteiger partial charge in [-0.15, -0.1) is 0 Å². The summed E-state index contributed by atoms with van der Waals surface area (Å²) in [6, 6.07) is 10.1. The van der Waals surface area contributed by atoms with E-state index in [1.54, 1.807) is 0 Å². The lowest BCUT2D eigenvalue weighted by atomic mass is 9.73. The maximum atomic E-state index is 12.9. The van der Waals surface area contributed by atoms with Gasteiger partial charge in [-0.2, -0.15) is 0 Å². The fourth-order valence-electron chi connectivity index (χ4n) is 5.96. The zero-order valence-corrected chi connectivity index (χ0v) is 23.0. The van der Waals surface area contributed by atoms with Crippen molar-refractivity contribution in [2.75, 3.05) is 31.7 Å². The third kappa shape index (κ3) is 4.96. The highest BCUT2D eigenvalue weighted by molar-refractivity contribution is 5.92. The predicted molar refractivity (Wildman–Crippen MR) is 142 cm³/mol. The van der Waals surface area contributed by atoms with Crippen molar-refractivity contribution < 1.29 is 23.8 Å². The van der Waals surface area contributed by atoms with Crippen LogP contribution >= 0.6 is 0 Å². The molecule has 38 heavy (non-hydrogen) atoms. The minimum Gasteiger partial charge on any atom is -0.464 e. The van der Waals surface area contributed by atoms with E-state index >= 15 is 0 Å². The van der Waals surface area contributed by atoms with Crippen LogP contribution < -0.4 is 10.2 Å². The number of nitrogens with zero attached hydrogens (tertiary/aromatic N) is 3. The van der Waals surface area contributed by atoms with Gasteiger partial charge in [0.1, 0.15) is 5.60 Å². The molecule has 3 fully saturated rings. The number of carbonyl (C=O) groups excluding carboxylic acids is 2. The average molecular weight is 523 g/mol. The second-order valence-corrected chi connectivity index (χ2v) is 11.9. The second kappa shape index (κ2) is 9.84. The van der Waals surface area contributed by atoms with Crippen LogP contribution in [0, 0.1) is 5.41 Å². The minimum atomic E-state index is -0.571. The number of esters is 1. The predicted octanol–water partition coefficient (Wildman–Crippen LogP) is 4.24. The van der Waals surface area contributed by atoms with Crippen LogP contribution in [0.5, 0.6) is 0 Å². The molecule has 1 N–H and O–H groups in total. The fraction of sp³-hybridized carbons (Fsp3) is 0.586. The highest BCUT2D eigenvalue weighted by Crippen LogP contribution is 2.53. The SMILES string of the molecule is COC(=O)c1nc(C2(c3ccccc3)CC2)cnc1N1CCC2(CC1)CO[C@@H](C)[C@H]2NC(=O)OC(C)(C)C. The summed E-state index contributed by atoms with van der Waals surface area (Å²) in [6.07, 6.45) is 4.77. The number of piperidine rings is 1. The van der Waals surface area contributed by atoms with Gasteiger partial charge < -0.3 is 24.4 Å². The lowest BCUT2D eigenvalue weighted by Gasteiger charge is -2.43. The highest BCUT2D eigenvalue weighted by Gasteiger charge is 2.51. The largest absolute Gasteiger partial charge is 0.464 e. The first-order valence-corrected chi connectivity index (χ1v) is 13.4. The van der Waals surface area contributed by atoms with E-state index in [0.717, 1.165) is 31.4 Å². The third-order valence-electron chi connectivity index (χ3n) is 8.19. The van der Waals surface area contributed by atoms with Crippen LogP contribution in [0.2, 0.25) is 0 Å². The molecule has 1 aromatic carbocycles. The Hall–Kier alpha value is -3.20. The normalized spacial score (nSPS) is 23.7. The fourth-order valence-corrected chi connectivity index (χ4v) is 5.96. The van der Waals surface area contributed by atoms with Gasteiger partial charge in [-0.25, -0.2) is 19.6 Å². The van der Waals surface area contributed by atoms with E-state index in [2.05, 4.69) is 22.3 Å². The molecule has 1 aromatic heterocycles. The number of nitrogens with one attached hydrogen (secondary N) is 1. The molecule has 0 unspecified atom stereocenters. The maximum absolute atomic E-state index is 12.9. The van der Waals surface area contributed by atoms with Crippen LogP contribution in [0.4, 0.5) is 10.6 Å². The van der Waals surface area contributed by atoms with Gasteiger partial charge in [-0.3, -0.25) is 0 Å². The summed E-state index contributed by atoms with van der Waals surface area (Å²) in [5, 5.41) is 3.08. The molecule has 3 aliphatic rings. The summed E-state index contributed by atoms with van der Waals surface area (Å²) < 4.78 is 16.7. The molecule has 2 atom stereocenters. The third-order valence-corrected chi connectivity index (χ3v) is 8.19. The van der Waals surface area contributed by atoms with E-state index in [-0.39, 0.29) is 28.7 Å². The molecule has 3 heterocycles. The van der Waals surface area contributed by atoms with Gasteiger partial charge in [-0.05, 0) is 58.9 Å². The molecule has 2 aliphatic heterocycles. The quantitative estimate of drug-likeness (QED) is 0.582. The molecular formula is C29H38N4O5. The Morgan fingerprint density at radius 2 is 1.79 bits per heavy atom. The van der Waals surface area contributed by atoms with Crippen LogP contribution in [-0.2, 0) is 19.6 Å². The van der Waals surface area contributed by atoms with Gasteiger partial charge in [0.05, 0.1) is 37.8 Å². The van der Waals surface area contributed by atoms with Gasteiger partial charge in [0.15, 0.2) is 11.5 Å². The molecule has 5 rings (SSSR count). The first-order chi connectivity index (χ1) is 18.1. The molecule has 2 aromatic rings. The smallest absolute Gasteiger partial charge is 0.407 e. The molecule has 2 saturated heterocycles. The summed E-state index contributed by atoms with van der Waals surface area (Å²) >= 11 is 0. The lowest BCUT2D eigenvalue weighted by Crippen LogP contribution is -2.55. The Labute approximate surface area is 224 Å². The second-order valence-electron chi connectivity index (χ2n) is 11.9. The van der Waals surface area contributed by atoms with Crippen LogP contribution in [0.3, 0.4) is 0 Å². The summed E-state index contributed by atoms with van der Waals surface area (Å²) in [6.45, 7) is 9.43. The van der Waals surface area contributed by atoms with Crippen LogP contribution in [0.1, 0.15) is 75.1 Å². The van der Waals surface area contributed by atoms with E-state index in [4.69, 9.17) is 24.2 Å². The molecule has 0 bridgehead atoms.